The third-order valence-corrected chi connectivity index (χ3v) is 8.09. The van der Waals surface area contributed by atoms with Crippen molar-refractivity contribution >= 4 is 21.4 Å². The van der Waals surface area contributed by atoms with Crippen molar-refractivity contribution in [3.8, 4) is 5.95 Å². The molecule has 15 heteroatoms. The summed E-state index contributed by atoms with van der Waals surface area (Å²) in [7, 11) is -4.03. The maximum Gasteiger partial charge on any atom is 0.416 e. The minimum Gasteiger partial charge on any atom is -0.336 e. The number of H-pyrrole nitrogens is 1. The lowest BCUT2D eigenvalue weighted by atomic mass is 10.2. The summed E-state index contributed by atoms with van der Waals surface area (Å²) >= 11 is 0. The van der Waals surface area contributed by atoms with Gasteiger partial charge in [0.2, 0.25) is 16.0 Å². The molecule has 37 heavy (non-hydrogen) atoms. The molecule has 1 amide bonds. The van der Waals surface area contributed by atoms with E-state index in [-0.39, 0.29) is 54.1 Å². The Morgan fingerprint density at radius 1 is 1.05 bits per heavy atom. The molecule has 4 aromatic rings. The second-order valence-electron chi connectivity index (χ2n) is 8.39. The van der Waals surface area contributed by atoms with E-state index in [1.165, 1.54) is 20.3 Å². The van der Waals surface area contributed by atoms with E-state index in [9.17, 15) is 31.2 Å². The Morgan fingerprint density at radius 2 is 1.73 bits per heavy atom. The summed E-state index contributed by atoms with van der Waals surface area (Å²) in [4.78, 5) is 29.3. The molecule has 0 spiro atoms. The largest absolute Gasteiger partial charge is 0.416 e. The van der Waals surface area contributed by atoms with Gasteiger partial charge >= 0.3 is 6.18 Å². The second-order valence-corrected chi connectivity index (χ2v) is 10.3. The Bertz CT molecular complexity index is 1650. The van der Waals surface area contributed by atoms with Gasteiger partial charge in [0.25, 0.3) is 11.5 Å². The maximum atomic E-state index is 13.2. The molecule has 1 saturated heterocycles. The first kappa shape index (κ1) is 24.7. The van der Waals surface area contributed by atoms with Gasteiger partial charge in [-0.2, -0.15) is 22.6 Å². The molecular formula is C22H20F3N7O4S. The Hall–Kier alpha value is -3.98. The van der Waals surface area contributed by atoms with Crippen molar-refractivity contribution in [1.29, 1.82) is 0 Å². The molecule has 1 N–H and O–H groups in total. The molecule has 0 aliphatic carbocycles. The molecular weight excluding hydrogens is 515 g/mol. The highest BCUT2D eigenvalue weighted by Gasteiger charge is 2.34. The first-order chi connectivity index (χ1) is 17.5. The minimum atomic E-state index is -4.57. The highest BCUT2D eigenvalue weighted by atomic mass is 32.2. The Morgan fingerprint density at radius 3 is 2.38 bits per heavy atom. The number of benzene rings is 1. The van der Waals surface area contributed by atoms with Crippen LogP contribution in [0.2, 0.25) is 0 Å². The fourth-order valence-electron chi connectivity index (χ4n) is 4.13. The van der Waals surface area contributed by atoms with Crippen LogP contribution in [0.25, 0.3) is 11.5 Å². The smallest absolute Gasteiger partial charge is 0.336 e. The van der Waals surface area contributed by atoms with Crippen molar-refractivity contribution in [2.24, 2.45) is 0 Å². The van der Waals surface area contributed by atoms with Crippen LogP contribution in [0.3, 0.4) is 0 Å². The van der Waals surface area contributed by atoms with Crippen LogP contribution in [0.1, 0.15) is 21.6 Å². The zero-order valence-electron chi connectivity index (χ0n) is 19.3. The number of fused-ring (bicyclic) bond motifs is 1. The summed E-state index contributed by atoms with van der Waals surface area (Å²) in [6.45, 7) is 1.75. The molecule has 1 fully saturated rings. The fourth-order valence-corrected chi connectivity index (χ4v) is 5.55. The van der Waals surface area contributed by atoms with Crippen molar-refractivity contribution in [1.82, 2.24) is 33.6 Å². The Kier molecular flexibility index (Phi) is 5.91. The molecule has 0 radical (unpaired) electrons. The lowest BCUT2D eigenvalue weighted by Gasteiger charge is -2.34. The van der Waals surface area contributed by atoms with Crippen molar-refractivity contribution in [2.45, 2.75) is 18.0 Å². The number of hydrogen-bond acceptors (Lipinski definition) is 6. The van der Waals surface area contributed by atoms with Crippen molar-refractivity contribution in [2.75, 3.05) is 26.2 Å². The number of sulfonamides is 1. The molecule has 5 rings (SSSR count). The number of rotatable bonds is 4. The first-order valence-corrected chi connectivity index (χ1v) is 12.5. The molecule has 0 saturated carbocycles. The molecule has 0 unspecified atom stereocenters. The number of aromatic amines is 1. The molecule has 1 aliphatic rings. The van der Waals surface area contributed by atoms with E-state index in [2.05, 4.69) is 15.2 Å². The molecule has 0 atom stereocenters. The average molecular weight is 536 g/mol. The van der Waals surface area contributed by atoms with Crippen LogP contribution in [-0.2, 0) is 16.2 Å². The second kappa shape index (κ2) is 8.85. The summed E-state index contributed by atoms with van der Waals surface area (Å²) < 4.78 is 68.1. The number of aromatic nitrogens is 5. The number of amides is 1. The summed E-state index contributed by atoms with van der Waals surface area (Å²) in [5.41, 5.74) is -0.267. The van der Waals surface area contributed by atoms with Crippen LogP contribution in [0, 0.1) is 6.92 Å². The van der Waals surface area contributed by atoms with E-state index in [0.717, 1.165) is 28.6 Å². The number of carbonyl (C=O) groups is 1. The van der Waals surface area contributed by atoms with E-state index >= 15 is 0 Å². The standard InChI is InChI=1S/C22H20F3N7O4S/c1-14-17(13-26-32(14)21-27-19(33)18-3-2-8-31(18)28-21)20(34)29-9-11-30(12-10-29)37(35,36)16-6-4-15(5-7-16)22(23,24)25/h2-8,13H,9-12H2,1H3,(H,27,28,33). The number of nitrogens with zero attached hydrogens (tertiary/aromatic N) is 6. The predicted octanol–water partition coefficient (Wildman–Crippen LogP) is 1.68. The van der Waals surface area contributed by atoms with Gasteiger partial charge in [-0.1, -0.05) is 0 Å². The minimum absolute atomic E-state index is 0.0263. The summed E-state index contributed by atoms with van der Waals surface area (Å²) in [5, 5.41) is 8.49. The molecule has 4 heterocycles. The number of carbonyl (C=O) groups excluding carboxylic acids is 1. The van der Waals surface area contributed by atoms with Crippen LogP contribution < -0.4 is 5.56 Å². The van der Waals surface area contributed by atoms with Crippen LogP contribution in [0.15, 0.2) is 58.5 Å². The monoisotopic (exact) mass is 535 g/mol. The lowest BCUT2D eigenvalue weighted by molar-refractivity contribution is -0.137. The summed E-state index contributed by atoms with van der Waals surface area (Å²) in [6.07, 6.45) is -1.61. The lowest BCUT2D eigenvalue weighted by Crippen LogP contribution is -2.50. The van der Waals surface area contributed by atoms with Crippen molar-refractivity contribution in [3.63, 3.8) is 0 Å². The van der Waals surface area contributed by atoms with Crippen LogP contribution in [0.4, 0.5) is 13.2 Å². The van der Waals surface area contributed by atoms with Crippen LogP contribution >= 0.6 is 0 Å². The molecule has 11 nitrogen and oxygen atoms in total. The van der Waals surface area contributed by atoms with E-state index in [0.29, 0.717) is 11.2 Å². The number of piperazine rings is 1. The number of alkyl halides is 3. The number of halogens is 3. The van der Waals surface area contributed by atoms with Gasteiger partial charge in [0, 0.05) is 32.4 Å². The van der Waals surface area contributed by atoms with Gasteiger partial charge in [0.1, 0.15) is 5.52 Å². The SMILES string of the molecule is Cc1c(C(=O)N2CCN(S(=O)(=O)c3ccc(C(F)(F)F)cc3)CC2)cnn1-c1nn2cccc2c(=O)[nH]1. The van der Waals surface area contributed by atoms with E-state index in [1.807, 2.05) is 0 Å². The zero-order chi connectivity index (χ0) is 26.5. The topological polar surface area (TPSA) is 126 Å². The first-order valence-electron chi connectivity index (χ1n) is 11.1. The van der Waals surface area contributed by atoms with Crippen LogP contribution in [0.5, 0.6) is 0 Å². The van der Waals surface area contributed by atoms with Gasteiger partial charge in [-0.05, 0) is 43.3 Å². The normalized spacial score (nSPS) is 15.4. The molecule has 1 aliphatic heterocycles. The van der Waals surface area contributed by atoms with Gasteiger partial charge in [0.05, 0.1) is 27.9 Å². The number of hydrogen-bond donors (Lipinski definition) is 1. The predicted molar refractivity (Wildman–Crippen MR) is 124 cm³/mol. The van der Waals surface area contributed by atoms with Gasteiger partial charge < -0.3 is 4.90 Å². The van der Waals surface area contributed by atoms with Gasteiger partial charge in [-0.25, -0.2) is 17.6 Å². The van der Waals surface area contributed by atoms with Crippen LogP contribution in [-0.4, -0.2) is 74.1 Å². The quantitative estimate of drug-likeness (QED) is 0.424. The van der Waals surface area contributed by atoms with E-state index < -0.39 is 21.8 Å². The van der Waals surface area contributed by atoms with E-state index in [4.69, 9.17) is 0 Å². The maximum absolute atomic E-state index is 13.2. The Labute approximate surface area is 207 Å². The van der Waals surface area contributed by atoms with E-state index in [1.54, 1.807) is 25.3 Å². The highest BCUT2D eigenvalue weighted by Crippen LogP contribution is 2.30. The Balaban J connectivity index is 1.30. The van der Waals surface area contributed by atoms with Gasteiger partial charge in [-0.3, -0.25) is 14.6 Å². The molecule has 194 valence electrons. The fraction of sp³-hybridized carbons (Fsp3) is 0.273. The third-order valence-electron chi connectivity index (χ3n) is 6.17. The van der Waals surface area contributed by atoms with Gasteiger partial charge in [-0.15, -0.1) is 5.10 Å². The molecule has 3 aromatic heterocycles. The molecule has 1 aromatic carbocycles. The summed E-state index contributed by atoms with van der Waals surface area (Å²) in [6, 6.07) is 6.59. The summed E-state index contributed by atoms with van der Waals surface area (Å²) in [5.74, 6) is -0.252. The molecule has 0 bridgehead atoms. The number of nitrogens with one attached hydrogen (secondary N) is 1. The highest BCUT2D eigenvalue weighted by molar-refractivity contribution is 7.89. The average Bonchev–Trinajstić information content (AvgIpc) is 3.50. The zero-order valence-corrected chi connectivity index (χ0v) is 20.1. The van der Waals surface area contributed by atoms with Gasteiger partial charge in [0.15, 0.2) is 0 Å². The van der Waals surface area contributed by atoms with Crippen molar-refractivity contribution in [3.05, 3.63) is 76.0 Å². The third kappa shape index (κ3) is 4.40. The van der Waals surface area contributed by atoms with Crippen molar-refractivity contribution < 1.29 is 26.4 Å².